The highest BCUT2D eigenvalue weighted by Gasteiger charge is 2.30. The van der Waals surface area contributed by atoms with Crippen molar-refractivity contribution in [2.24, 2.45) is 0 Å². The number of nitrogens with zero attached hydrogens (tertiary/aromatic N) is 3. The molecule has 1 aromatic heterocycles. The van der Waals surface area contributed by atoms with Crippen LogP contribution in [0.25, 0.3) is 11.1 Å². The molecule has 1 aliphatic carbocycles. The van der Waals surface area contributed by atoms with Gasteiger partial charge >= 0.3 is 0 Å². The first-order chi connectivity index (χ1) is 15.6. The Morgan fingerprint density at radius 2 is 1.81 bits per heavy atom. The molecule has 0 bridgehead atoms. The lowest BCUT2D eigenvalue weighted by Gasteiger charge is -2.32. The topological polar surface area (TPSA) is 47.5 Å². The zero-order chi connectivity index (χ0) is 22.3. The molecule has 1 aromatic carbocycles. The lowest BCUT2D eigenvalue weighted by molar-refractivity contribution is 0.0281. The molecule has 4 rings (SSSR count). The third-order valence-electron chi connectivity index (χ3n) is 6.59. The normalized spacial score (nSPS) is 22.6. The monoisotopic (exact) mass is 441 g/mol. The maximum Gasteiger partial charge on any atom is 0.234 e. The van der Waals surface area contributed by atoms with Crippen LogP contribution in [0.4, 0.5) is 4.39 Å². The molecule has 2 heterocycles. The Bertz CT molecular complexity index is 855. The Morgan fingerprint density at radius 3 is 2.53 bits per heavy atom. The smallest absolute Gasteiger partial charge is 0.234 e. The molecule has 0 amide bonds. The van der Waals surface area contributed by atoms with E-state index in [1.807, 2.05) is 30.1 Å². The van der Waals surface area contributed by atoms with Gasteiger partial charge in [0.25, 0.3) is 0 Å². The van der Waals surface area contributed by atoms with Crippen LogP contribution in [0.2, 0.25) is 0 Å². The van der Waals surface area contributed by atoms with Crippen molar-refractivity contribution in [2.45, 2.75) is 83.1 Å². The van der Waals surface area contributed by atoms with Gasteiger partial charge in [0, 0.05) is 24.7 Å². The van der Waals surface area contributed by atoms with E-state index in [1.54, 1.807) is 0 Å². The molecule has 2 fully saturated rings. The molecule has 2 atom stereocenters. The zero-order valence-electron chi connectivity index (χ0n) is 19.4. The minimum absolute atomic E-state index is 0.334. The zero-order valence-corrected chi connectivity index (χ0v) is 19.4. The summed E-state index contributed by atoms with van der Waals surface area (Å²) < 4.78 is 26.6. The number of unbranched alkanes of at least 4 members (excludes halogenated alkanes) is 1. The van der Waals surface area contributed by atoms with Gasteiger partial charge in [-0.2, -0.15) is 5.10 Å². The summed E-state index contributed by atoms with van der Waals surface area (Å²) in [6.07, 6.45) is 8.61. The van der Waals surface area contributed by atoms with Crippen molar-refractivity contribution in [2.75, 3.05) is 20.1 Å². The van der Waals surface area contributed by atoms with Crippen LogP contribution >= 0.6 is 0 Å². The van der Waals surface area contributed by atoms with E-state index in [-0.39, 0.29) is 0 Å². The van der Waals surface area contributed by atoms with Gasteiger partial charge in [-0.25, -0.2) is 4.39 Å². The molecular formula is C26H36FN3O2. The van der Waals surface area contributed by atoms with E-state index in [0.29, 0.717) is 24.9 Å². The number of hydrogen-bond donors (Lipinski definition) is 0. The van der Waals surface area contributed by atoms with Crippen LogP contribution in [0.15, 0.2) is 30.3 Å². The van der Waals surface area contributed by atoms with Crippen molar-refractivity contribution in [3.05, 3.63) is 36.0 Å². The van der Waals surface area contributed by atoms with Gasteiger partial charge in [-0.1, -0.05) is 31.9 Å². The lowest BCUT2D eigenvalue weighted by Crippen LogP contribution is -2.45. The molecule has 2 aromatic rings. The van der Waals surface area contributed by atoms with Crippen molar-refractivity contribution in [3.63, 3.8) is 0 Å². The first kappa shape index (κ1) is 23.0. The Balaban J connectivity index is 1.51. The second-order valence-corrected chi connectivity index (χ2v) is 9.27. The van der Waals surface area contributed by atoms with Gasteiger partial charge in [0.15, 0.2) is 0 Å². The molecule has 32 heavy (non-hydrogen) atoms. The van der Waals surface area contributed by atoms with Gasteiger partial charge in [-0.15, -0.1) is 5.10 Å². The number of halogens is 1. The standard InChI is InChI=1S/C26H36FN3O2/c1-3-4-10-24-22(17-26(29-28-24)32-25-15-16-30(2)18-23(25)27)19-11-13-21(14-12-19)31-20-8-6-5-7-9-20/h11-14,17,20,23,25H,3-10,15-16,18H2,1-2H3/t23-,25-/m1/s1. The number of benzene rings is 1. The molecule has 174 valence electrons. The predicted molar refractivity (Wildman–Crippen MR) is 125 cm³/mol. The van der Waals surface area contributed by atoms with E-state index in [1.165, 1.54) is 19.3 Å². The van der Waals surface area contributed by atoms with Crippen molar-refractivity contribution in [1.82, 2.24) is 15.1 Å². The molecular weight excluding hydrogens is 405 g/mol. The molecule has 1 aliphatic heterocycles. The average molecular weight is 442 g/mol. The first-order valence-corrected chi connectivity index (χ1v) is 12.3. The van der Waals surface area contributed by atoms with Gasteiger partial charge in [-0.3, -0.25) is 0 Å². The fourth-order valence-corrected chi connectivity index (χ4v) is 4.65. The highest BCUT2D eigenvalue weighted by atomic mass is 19.1. The highest BCUT2D eigenvalue weighted by molar-refractivity contribution is 5.67. The van der Waals surface area contributed by atoms with Gasteiger partial charge < -0.3 is 14.4 Å². The van der Waals surface area contributed by atoms with Gasteiger partial charge in [0.2, 0.25) is 5.88 Å². The Morgan fingerprint density at radius 1 is 1.03 bits per heavy atom. The number of hydrogen-bond acceptors (Lipinski definition) is 5. The number of piperidine rings is 1. The van der Waals surface area contributed by atoms with E-state index in [9.17, 15) is 4.39 Å². The summed E-state index contributed by atoms with van der Waals surface area (Å²) in [6, 6.07) is 10.2. The van der Waals surface area contributed by atoms with E-state index in [4.69, 9.17) is 9.47 Å². The van der Waals surface area contributed by atoms with Crippen molar-refractivity contribution in [1.29, 1.82) is 0 Å². The number of ether oxygens (including phenoxy) is 2. The Labute approximate surface area is 191 Å². The summed E-state index contributed by atoms with van der Waals surface area (Å²) in [4.78, 5) is 1.99. The maximum atomic E-state index is 14.5. The van der Waals surface area contributed by atoms with E-state index in [0.717, 1.165) is 61.2 Å². The summed E-state index contributed by atoms with van der Waals surface area (Å²) in [5, 5.41) is 8.76. The number of rotatable bonds is 8. The van der Waals surface area contributed by atoms with Crippen LogP contribution in [-0.4, -0.2) is 53.6 Å². The third-order valence-corrected chi connectivity index (χ3v) is 6.59. The van der Waals surface area contributed by atoms with Crippen molar-refractivity contribution < 1.29 is 13.9 Å². The SMILES string of the molecule is CCCCc1nnc(O[C@@H]2CCN(C)C[C@H]2F)cc1-c1ccc(OC2CCCCC2)cc1. The number of likely N-dealkylation sites (tertiary alicyclic amines) is 1. The van der Waals surface area contributed by atoms with E-state index >= 15 is 0 Å². The Hall–Kier alpha value is -2.21. The predicted octanol–water partition coefficient (Wildman–Crippen LogP) is 5.62. The van der Waals surface area contributed by atoms with Gasteiger partial charge in [-0.05, 0) is 69.7 Å². The molecule has 0 radical (unpaired) electrons. The minimum Gasteiger partial charge on any atom is -0.490 e. The second kappa shape index (κ2) is 11.1. The van der Waals surface area contributed by atoms with Crippen LogP contribution in [0.3, 0.4) is 0 Å². The molecule has 6 heteroatoms. The summed E-state index contributed by atoms with van der Waals surface area (Å²) in [5.41, 5.74) is 3.03. The first-order valence-electron chi connectivity index (χ1n) is 12.3. The largest absolute Gasteiger partial charge is 0.490 e. The quantitative estimate of drug-likeness (QED) is 0.532. The number of alkyl halides is 1. The summed E-state index contributed by atoms with van der Waals surface area (Å²) in [6.45, 7) is 3.38. The fraction of sp³-hybridized carbons (Fsp3) is 0.615. The van der Waals surface area contributed by atoms with E-state index < -0.39 is 12.3 Å². The number of aryl methyl sites for hydroxylation is 1. The molecule has 5 nitrogen and oxygen atoms in total. The van der Waals surface area contributed by atoms with Crippen LogP contribution in [-0.2, 0) is 6.42 Å². The number of aromatic nitrogens is 2. The van der Waals surface area contributed by atoms with Crippen molar-refractivity contribution >= 4 is 0 Å². The van der Waals surface area contributed by atoms with Gasteiger partial charge in [0.05, 0.1) is 11.8 Å². The summed E-state index contributed by atoms with van der Waals surface area (Å²) in [7, 11) is 1.94. The third kappa shape index (κ3) is 5.97. The summed E-state index contributed by atoms with van der Waals surface area (Å²) >= 11 is 0. The molecule has 1 saturated heterocycles. The van der Waals surface area contributed by atoms with Crippen molar-refractivity contribution in [3.8, 4) is 22.8 Å². The molecule has 2 aliphatic rings. The molecule has 0 unspecified atom stereocenters. The van der Waals surface area contributed by atoms with Crippen LogP contribution in [0.5, 0.6) is 11.6 Å². The second-order valence-electron chi connectivity index (χ2n) is 9.27. The molecule has 0 N–H and O–H groups in total. The van der Waals surface area contributed by atoms with Crippen LogP contribution in [0.1, 0.15) is 64.0 Å². The van der Waals surface area contributed by atoms with Crippen LogP contribution < -0.4 is 9.47 Å². The lowest BCUT2D eigenvalue weighted by atomic mass is 9.97. The van der Waals surface area contributed by atoms with E-state index in [2.05, 4.69) is 29.3 Å². The maximum absolute atomic E-state index is 14.5. The van der Waals surface area contributed by atoms with Crippen LogP contribution in [0, 0.1) is 0 Å². The fourth-order valence-electron chi connectivity index (χ4n) is 4.65. The molecule has 1 saturated carbocycles. The summed E-state index contributed by atoms with van der Waals surface area (Å²) in [5.74, 6) is 1.32. The minimum atomic E-state index is -1.02. The molecule has 0 spiro atoms. The van der Waals surface area contributed by atoms with Gasteiger partial charge in [0.1, 0.15) is 18.0 Å². The average Bonchev–Trinajstić information content (AvgIpc) is 2.81. The highest BCUT2D eigenvalue weighted by Crippen LogP contribution is 2.30. The Kier molecular flexibility index (Phi) is 7.95.